The molecule has 0 aromatic carbocycles. The molecule has 0 heterocycles. The predicted octanol–water partition coefficient (Wildman–Crippen LogP) is 0.0401. The topological polar surface area (TPSA) is 102 Å². The number of hydrogen-bond donors (Lipinski definition) is 0. The Bertz CT molecular complexity index is 46.0. The van der Waals surface area contributed by atoms with E-state index in [2.05, 4.69) is 40.7 Å². The van der Waals surface area contributed by atoms with Crippen LogP contribution in [-0.4, -0.2) is 40.7 Å². The van der Waals surface area contributed by atoms with Crippen LogP contribution < -0.4 is 0 Å². The SMILES string of the molecule is Cl.Cl.Cl.Cl.[CH-]=O.[CH-]=O.[CH-]=O.[CH-]=O.[CH-]=O.[CH-]=O.[Rh]. The van der Waals surface area contributed by atoms with Crippen molar-refractivity contribution in [2.75, 3.05) is 0 Å². The van der Waals surface area contributed by atoms with E-state index in [-0.39, 0.29) is 69.1 Å². The van der Waals surface area contributed by atoms with Crippen molar-refractivity contribution >= 4 is 90.4 Å². The molecule has 0 fully saturated rings. The van der Waals surface area contributed by atoms with E-state index in [1.54, 1.807) is 0 Å². The van der Waals surface area contributed by atoms with Gasteiger partial charge in [-0.15, -0.1) is 49.6 Å². The van der Waals surface area contributed by atoms with Gasteiger partial charge in [0.2, 0.25) is 0 Å². The first-order chi connectivity index (χ1) is 6.00. The molecule has 0 unspecified atom stereocenters. The molecular formula is C6H10Cl4O6Rh-6. The Morgan fingerprint density at radius 1 is 0.294 bits per heavy atom. The van der Waals surface area contributed by atoms with E-state index in [9.17, 15) is 0 Å². The Labute approximate surface area is 138 Å². The second kappa shape index (κ2) is 89600. The van der Waals surface area contributed by atoms with Crippen molar-refractivity contribution in [1.29, 1.82) is 0 Å². The Balaban J connectivity index is -0.00000000267. The quantitative estimate of drug-likeness (QED) is 0.310. The minimum absolute atomic E-state index is 0. The van der Waals surface area contributed by atoms with Gasteiger partial charge in [-0.05, 0) is 0 Å². The molecule has 0 saturated heterocycles. The summed E-state index contributed by atoms with van der Waals surface area (Å²) in [4.78, 5) is 46.5. The van der Waals surface area contributed by atoms with E-state index in [0.717, 1.165) is 0 Å². The summed E-state index contributed by atoms with van der Waals surface area (Å²) in [7, 11) is 0. The van der Waals surface area contributed by atoms with Gasteiger partial charge >= 0.3 is 0 Å². The van der Waals surface area contributed by atoms with Gasteiger partial charge in [-0.1, -0.05) is 0 Å². The summed E-state index contributed by atoms with van der Waals surface area (Å²) in [6, 6.07) is 0. The third-order valence-electron chi connectivity index (χ3n) is 0. The van der Waals surface area contributed by atoms with Gasteiger partial charge < -0.3 is 28.8 Å². The Morgan fingerprint density at radius 3 is 0.294 bits per heavy atom. The summed E-state index contributed by atoms with van der Waals surface area (Å²) in [6.07, 6.45) is 0. The molecule has 0 atom stereocenters. The molecule has 0 aromatic heterocycles. The first-order valence-corrected chi connectivity index (χ1v) is 1.41. The van der Waals surface area contributed by atoms with Gasteiger partial charge in [0.05, 0.1) is 0 Å². The summed E-state index contributed by atoms with van der Waals surface area (Å²) < 4.78 is 0. The molecule has 113 valence electrons. The van der Waals surface area contributed by atoms with Crippen molar-refractivity contribution in [3.63, 3.8) is 0 Å². The molecule has 0 saturated carbocycles. The summed E-state index contributed by atoms with van der Waals surface area (Å²) in [5.74, 6) is 0. The minimum atomic E-state index is 0. The largest absolute Gasteiger partial charge is 0.545 e. The molecule has 0 amide bonds. The number of halogens is 4. The molecule has 0 aliphatic rings. The fraction of sp³-hybridized carbons (Fsp3) is 0. The van der Waals surface area contributed by atoms with Crippen molar-refractivity contribution in [2.24, 2.45) is 0 Å². The Kier molecular flexibility index (Phi) is 657000. The van der Waals surface area contributed by atoms with Crippen LogP contribution in [0.15, 0.2) is 0 Å². The molecule has 6 nitrogen and oxygen atoms in total. The zero-order valence-electron chi connectivity index (χ0n) is 7.88. The van der Waals surface area contributed by atoms with Gasteiger partial charge in [0.1, 0.15) is 0 Å². The molecular weight excluding hydrogens is 413 g/mol. The van der Waals surface area contributed by atoms with Gasteiger partial charge in [0.15, 0.2) is 0 Å². The first-order valence-electron chi connectivity index (χ1n) is 1.41. The van der Waals surface area contributed by atoms with Crippen molar-refractivity contribution in [1.82, 2.24) is 0 Å². The van der Waals surface area contributed by atoms with E-state index in [1.807, 2.05) is 0 Å². The molecule has 17 heavy (non-hydrogen) atoms. The molecule has 0 aromatic rings. The maximum Gasteiger partial charge on any atom is 0 e. The molecule has 0 bridgehead atoms. The summed E-state index contributed by atoms with van der Waals surface area (Å²) >= 11 is 0. The van der Waals surface area contributed by atoms with Crippen molar-refractivity contribution in [2.45, 2.75) is 0 Å². The summed E-state index contributed by atoms with van der Waals surface area (Å²) in [5, 5.41) is 0. The van der Waals surface area contributed by atoms with E-state index >= 15 is 0 Å². The number of rotatable bonds is 0. The van der Waals surface area contributed by atoms with E-state index < -0.39 is 0 Å². The van der Waals surface area contributed by atoms with Crippen LogP contribution >= 0.6 is 49.6 Å². The van der Waals surface area contributed by atoms with Crippen LogP contribution in [-0.2, 0) is 48.2 Å². The predicted molar refractivity (Wildman–Crippen MR) is 69.5 cm³/mol. The van der Waals surface area contributed by atoms with Crippen LogP contribution in [0.2, 0.25) is 0 Å². The maximum absolute atomic E-state index is 7.75. The number of hydrogen-bond acceptors (Lipinski definition) is 6. The van der Waals surface area contributed by atoms with Crippen LogP contribution in [0, 0.1) is 0 Å². The fourth-order valence-electron chi connectivity index (χ4n) is 0. The summed E-state index contributed by atoms with van der Waals surface area (Å²) in [5.41, 5.74) is 0. The minimum Gasteiger partial charge on any atom is -0.545 e. The van der Waals surface area contributed by atoms with Gasteiger partial charge in [0, 0.05) is 19.5 Å². The van der Waals surface area contributed by atoms with Gasteiger partial charge in [-0.25, -0.2) is 0 Å². The zero-order valence-corrected chi connectivity index (χ0v) is 12.8. The monoisotopic (exact) mass is 421 g/mol. The molecule has 0 spiro atoms. The standard InChI is InChI=1S/6CHO.4ClH.Rh/c6*1-2;;;;;/h6*1H;4*1H;/q6*-1;;;;;. The molecule has 0 aliphatic heterocycles. The summed E-state index contributed by atoms with van der Waals surface area (Å²) in [6.45, 7) is 19.5. The van der Waals surface area contributed by atoms with Gasteiger partial charge in [-0.3, -0.25) is 40.7 Å². The van der Waals surface area contributed by atoms with Gasteiger partial charge in [-0.2, -0.15) is 0 Å². The van der Waals surface area contributed by atoms with Crippen LogP contribution in [0.5, 0.6) is 0 Å². The molecule has 0 rings (SSSR count). The second-order valence-electron chi connectivity index (χ2n) is 0. The molecule has 0 N–H and O–H groups in total. The van der Waals surface area contributed by atoms with E-state index in [0.29, 0.717) is 0 Å². The third kappa shape index (κ3) is 77900. The molecule has 0 aliphatic carbocycles. The molecule has 1 radical (unpaired) electrons. The van der Waals surface area contributed by atoms with Crippen molar-refractivity contribution in [3.05, 3.63) is 0 Å². The zero-order chi connectivity index (χ0) is 12.0. The van der Waals surface area contributed by atoms with Crippen LogP contribution in [0.25, 0.3) is 0 Å². The number of carbonyl (C=O) groups excluding carboxylic acids is 6. The van der Waals surface area contributed by atoms with Crippen LogP contribution in [0.1, 0.15) is 0 Å². The van der Waals surface area contributed by atoms with Gasteiger partial charge in [0.25, 0.3) is 0 Å². The second-order valence-corrected chi connectivity index (χ2v) is 0. The Hall–Kier alpha value is -0.197. The average molecular weight is 423 g/mol. The van der Waals surface area contributed by atoms with Crippen molar-refractivity contribution < 1.29 is 48.2 Å². The fourth-order valence-corrected chi connectivity index (χ4v) is 0. The van der Waals surface area contributed by atoms with E-state index in [1.165, 1.54) is 0 Å². The van der Waals surface area contributed by atoms with Crippen LogP contribution in [0.3, 0.4) is 0 Å². The normalized spacial score (nSPS) is 1.41. The third-order valence-corrected chi connectivity index (χ3v) is 0. The van der Waals surface area contributed by atoms with E-state index in [4.69, 9.17) is 28.8 Å². The average Bonchev–Trinajstić information content (AvgIpc) is 2.33. The van der Waals surface area contributed by atoms with Crippen molar-refractivity contribution in [3.8, 4) is 0 Å². The van der Waals surface area contributed by atoms with Crippen LogP contribution in [0.4, 0.5) is 0 Å². The maximum atomic E-state index is 7.75. The molecule has 11 heteroatoms. The smallest absolute Gasteiger partial charge is 0 e. The first kappa shape index (κ1) is 125. The Morgan fingerprint density at radius 2 is 0.294 bits per heavy atom.